The Bertz CT molecular complexity index is 1660. The number of halogens is 1. The number of nitrogens with two attached hydrogens (primary N) is 1. The SMILES string of the molecule is NC(=O)O.O=C(O)Nc1nc2cc(-c3cc(Cc4n[nH]c(=O)c5ccccc45)ccc3F)cnc2[nH]1. The predicted octanol–water partition coefficient (Wildman–Crippen LogP) is 3.30. The van der Waals surface area contributed by atoms with Crippen molar-refractivity contribution in [2.24, 2.45) is 5.73 Å². The number of H-pyrrole nitrogens is 2. The van der Waals surface area contributed by atoms with Crippen LogP contribution >= 0.6 is 0 Å². The van der Waals surface area contributed by atoms with Gasteiger partial charge in [-0.05, 0) is 29.8 Å². The number of pyridine rings is 1. The quantitative estimate of drug-likeness (QED) is 0.220. The van der Waals surface area contributed by atoms with E-state index in [4.69, 9.17) is 15.0 Å². The van der Waals surface area contributed by atoms with Gasteiger partial charge in [0.25, 0.3) is 5.56 Å². The maximum atomic E-state index is 14.7. The van der Waals surface area contributed by atoms with Crippen LogP contribution in [0, 0.1) is 5.82 Å². The van der Waals surface area contributed by atoms with Gasteiger partial charge in [-0.3, -0.25) is 10.1 Å². The van der Waals surface area contributed by atoms with E-state index in [-0.39, 0.29) is 11.5 Å². The first-order chi connectivity index (χ1) is 17.2. The maximum absolute atomic E-state index is 14.7. The second kappa shape index (κ2) is 9.89. The average molecular weight is 491 g/mol. The monoisotopic (exact) mass is 491 g/mol. The summed E-state index contributed by atoms with van der Waals surface area (Å²) >= 11 is 0. The third-order valence-corrected chi connectivity index (χ3v) is 5.05. The Morgan fingerprint density at radius 1 is 1.08 bits per heavy atom. The first-order valence-electron chi connectivity index (χ1n) is 10.3. The molecule has 13 heteroatoms. The molecule has 5 rings (SSSR count). The standard InChI is InChI=1S/C22H15FN6O3.CH3NO2/c23-16-6-5-11(8-17-13-3-1-2-4-14(13)20(30)29-28-17)7-15(16)12-9-18-19(24-10-12)26-21(25-18)27-22(31)32;2-1(3)4/h1-7,9-10H,8H2,(H,29,30)(H,31,32)(H2,24,25,26,27);2H2,(H,3,4). The van der Waals surface area contributed by atoms with Gasteiger partial charge in [-0.15, -0.1) is 0 Å². The number of anilines is 1. The number of rotatable bonds is 4. The Balaban J connectivity index is 0.000000709. The van der Waals surface area contributed by atoms with Crippen molar-refractivity contribution in [2.75, 3.05) is 5.32 Å². The smallest absolute Gasteiger partial charge is 0.411 e. The highest BCUT2D eigenvalue weighted by atomic mass is 19.1. The number of carboxylic acid groups (broad SMARTS) is 2. The molecular formula is C23H18FN7O5. The van der Waals surface area contributed by atoms with Gasteiger partial charge in [0, 0.05) is 29.1 Å². The lowest BCUT2D eigenvalue weighted by atomic mass is 9.99. The van der Waals surface area contributed by atoms with Gasteiger partial charge in [0.05, 0.1) is 11.1 Å². The molecule has 0 radical (unpaired) electrons. The molecule has 0 spiro atoms. The number of benzene rings is 2. The van der Waals surface area contributed by atoms with Crippen LogP contribution in [0.2, 0.25) is 0 Å². The highest BCUT2D eigenvalue weighted by Gasteiger charge is 2.13. The van der Waals surface area contributed by atoms with Crippen molar-refractivity contribution in [1.82, 2.24) is 25.1 Å². The zero-order chi connectivity index (χ0) is 25.8. The van der Waals surface area contributed by atoms with Crippen molar-refractivity contribution in [1.29, 1.82) is 0 Å². The molecule has 0 aliphatic heterocycles. The molecule has 0 saturated heterocycles. The van der Waals surface area contributed by atoms with E-state index >= 15 is 0 Å². The molecule has 0 atom stereocenters. The summed E-state index contributed by atoms with van der Waals surface area (Å²) in [6.07, 6.45) is -0.720. The van der Waals surface area contributed by atoms with Crippen molar-refractivity contribution in [3.05, 3.63) is 82.2 Å². The zero-order valence-electron chi connectivity index (χ0n) is 18.3. The highest BCUT2D eigenvalue weighted by Crippen LogP contribution is 2.27. The van der Waals surface area contributed by atoms with Crippen molar-refractivity contribution in [3.63, 3.8) is 0 Å². The topological polar surface area (TPSA) is 200 Å². The number of aromatic amines is 2. The van der Waals surface area contributed by atoms with Crippen LogP contribution in [0.4, 0.5) is 19.9 Å². The number of hydrogen-bond donors (Lipinski definition) is 6. The van der Waals surface area contributed by atoms with Crippen LogP contribution in [0.25, 0.3) is 33.1 Å². The number of fused-ring (bicyclic) bond motifs is 2. The Morgan fingerprint density at radius 2 is 1.81 bits per heavy atom. The minimum atomic E-state index is -1.33. The van der Waals surface area contributed by atoms with Crippen molar-refractivity contribution in [2.45, 2.75) is 6.42 Å². The molecule has 3 heterocycles. The second-order valence-electron chi connectivity index (χ2n) is 7.48. The Morgan fingerprint density at radius 3 is 2.53 bits per heavy atom. The van der Waals surface area contributed by atoms with Gasteiger partial charge in [0.1, 0.15) is 11.3 Å². The van der Waals surface area contributed by atoms with Crippen molar-refractivity contribution in [3.8, 4) is 11.1 Å². The summed E-state index contributed by atoms with van der Waals surface area (Å²) < 4.78 is 14.7. The van der Waals surface area contributed by atoms with E-state index in [1.165, 1.54) is 12.3 Å². The Labute approximate surface area is 200 Å². The summed E-state index contributed by atoms with van der Waals surface area (Å²) in [5.74, 6) is -0.406. The molecule has 36 heavy (non-hydrogen) atoms. The lowest BCUT2D eigenvalue weighted by Gasteiger charge is -2.08. The van der Waals surface area contributed by atoms with E-state index in [1.54, 1.807) is 30.3 Å². The minimum Gasteiger partial charge on any atom is -0.465 e. The third-order valence-electron chi connectivity index (χ3n) is 5.05. The minimum absolute atomic E-state index is 0.0300. The van der Waals surface area contributed by atoms with Crippen LogP contribution in [0.5, 0.6) is 0 Å². The van der Waals surface area contributed by atoms with E-state index in [2.05, 4.69) is 36.2 Å². The van der Waals surface area contributed by atoms with Gasteiger partial charge < -0.3 is 20.9 Å². The van der Waals surface area contributed by atoms with Crippen LogP contribution in [-0.4, -0.2) is 47.5 Å². The molecule has 2 aromatic carbocycles. The number of aromatic nitrogens is 5. The normalized spacial score (nSPS) is 10.6. The van der Waals surface area contributed by atoms with E-state index in [9.17, 15) is 14.0 Å². The molecule has 3 aromatic heterocycles. The second-order valence-corrected chi connectivity index (χ2v) is 7.48. The molecule has 0 bridgehead atoms. The molecule has 0 unspecified atom stereocenters. The number of imidazole rings is 1. The summed E-state index contributed by atoms with van der Waals surface area (Å²) in [5.41, 5.74) is 6.80. The molecule has 182 valence electrons. The molecule has 0 aliphatic rings. The fraction of sp³-hybridized carbons (Fsp3) is 0.0435. The highest BCUT2D eigenvalue weighted by molar-refractivity contribution is 5.86. The molecule has 0 fully saturated rings. The van der Waals surface area contributed by atoms with Gasteiger partial charge >= 0.3 is 12.2 Å². The summed E-state index contributed by atoms with van der Waals surface area (Å²) in [6.45, 7) is 0. The predicted molar refractivity (Wildman–Crippen MR) is 128 cm³/mol. The summed E-state index contributed by atoms with van der Waals surface area (Å²) in [6, 6.07) is 13.5. The number of nitrogens with one attached hydrogen (secondary N) is 3. The molecule has 12 nitrogen and oxygen atoms in total. The lowest BCUT2D eigenvalue weighted by molar-refractivity contribution is 0.205. The van der Waals surface area contributed by atoms with E-state index in [0.29, 0.717) is 39.8 Å². The number of nitrogens with zero attached hydrogens (tertiary/aromatic N) is 3. The van der Waals surface area contributed by atoms with Crippen LogP contribution in [-0.2, 0) is 6.42 Å². The van der Waals surface area contributed by atoms with Crippen LogP contribution in [0.15, 0.2) is 59.5 Å². The summed E-state index contributed by atoms with van der Waals surface area (Å²) in [4.78, 5) is 42.7. The summed E-state index contributed by atoms with van der Waals surface area (Å²) in [7, 11) is 0. The van der Waals surface area contributed by atoms with Gasteiger partial charge in [-0.25, -0.2) is 29.0 Å². The van der Waals surface area contributed by atoms with Crippen LogP contribution in [0.1, 0.15) is 11.3 Å². The molecule has 2 amide bonds. The Hall–Kier alpha value is -5.33. The van der Waals surface area contributed by atoms with Crippen LogP contribution < -0.4 is 16.6 Å². The van der Waals surface area contributed by atoms with E-state index < -0.39 is 18.0 Å². The van der Waals surface area contributed by atoms with Gasteiger partial charge in [0.15, 0.2) is 5.65 Å². The van der Waals surface area contributed by atoms with E-state index in [0.717, 1.165) is 10.9 Å². The largest absolute Gasteiger partial charge is 0.465 e. The van der Waals surface area contributed by atoms with Crippen molar-refractivity contribution < 1.29 is 24.2 Å². The van der Waals surface area contributed by atoms with Crippen LogP contribution in [0.3, 0.4) is 0 Å². The van der Waals surface area contributed by atoms with Gasteiger partial charge in [-0.1, -0.05) is 24.3 Å². The molecule has 7 N–H and O–H groups in total. The molecule has 5 aromatic rings. The zero-order valence-corrected chi connectivity index (χ0v) is 18.3. The van der Waals surface area contributed by atoms with E-state index in [1.807, 2.05) is 12.1 Å². The lowest BCUT2D eigenvalue weighted by Crippen LogP contribution is -2.11. The number of carbonyl (C=O) groups is 2. The molecule has 0 aliphatic carbocycles. The molecule has 0 saturated carbocycles. The third kappa shape index (κ3) is 5.25. The number of primary amides is 1. The number of amides is 2. The maximum Gasteiger partial charge on any atom is 0.411 e. The first-order valence-corrected chi connectivity index (χ1v) is 10.3. The van der Waals surface area contributed by atoms with Gasteiger partial charge in [-0.2, -0.15) is 5.10 Å². The van der Waals surface area contributed by atoms with Gasteiger partial charge in [0.2, 0.25) is 5.95 Å². The fourth-order valence-corrected chi connectivity index (χ4v) is 3.61. The molecular weight excluding hydrogens is 473 g/mol. The Kier molecular flexibility index (Phi) is 6.54. The van der Waals surface area contributed by atoms with Crippen molar-refractivity contribution >= 4 is 40.1 Å². The first kappa shape index (κ1) is 23.8. The fourth-order valence-electron chi connectivity index (χ4n) is 3.61. The number of hydrogen-bond acceptors (Lipinski definition) is 6. The average Bonchev–Trinajstić information content (AvgIpc) is 3.22. The summed E-state index contributed by atoms with van der Waals surface area (Å²) in [5, 5.41) is 26.1.